The molecule has 1 aromatic heterocycles. The molecule has 0 saturated carbocycles. The van der Waals surface area contributed by atoms with Gasteiger partial charge in [-0.3, -0.25) is 24.0 Å². The summed E-state index contributed by atoms with van der Waals surface area (Å²) in [5.41, 5.74) is 1.89. The standard InChI is InChI=1S/C20H19N5O4S/c1-11-17-12(8-15(26)22-18(17)24(2)23-11)10-30-20-21-14-7-5-4-6-13(14)19(28)25(20)9-16(27)29-3/h4-8,17H,9-10H2,1-3H3. The first-order valence-corrected chi connectivity index (χ1v) is 10.2. The van der Waals surface area contributed by atoms with Crippen LogP contribution in [0.5, 0.6) is 0 Å². The molecule has 0 radical (unpaired) electrons. The van der Waals surface area contributed by atoms with Gasteiger partial charge in [0.2, 0.25) is 0 Å². The number of hydrazone groups is 1. The summed E-state index contributed by atoms with van der Waals surface area (Å²) in [5, 5.41) is 6.79. The van der Waals surface area contributed by atoms with Crippen molar-refractivity contribution in [2.24, 2.45) is 16.0 Å². The second-order valence-corrected chi connectivity index (χ2v) is 7.84. The quantitative estimate of drug-likeness (QED) is 0.406. The van der Waals surface area contributed by atoms with Crippen molar-refractivity contribution in [2.75, 3.05) is 19.9 Å². The van der Waals surface area contributed by atoms with Crippen molar-refractivity contribution in [3.63, 3.8) is 0 Å². The van der Waals surface area contributed by atoms with Crippen LogP contribution in [-0.4, -0.2) is 57.9 Å². The third-order valence-corrected chi connectivity index (χ3v) is 5.98. The molecule has 1 aromatic carbocycles. The van der Waals surface area contributed by atoms with Crippen molar-refractivity contribution in [1.82, 2.24) is 14.6 Å². The van der Waals surface area contributed by atoms with Gasteiger partial charge in [-0.05, 0) is 24.6 Å². The van der Waals surface area contributed by atoms with E-state index in [1.54, 1.807) is 36.3 Å². The number of esters is 1. The molecule has 0 bridgehead atoms. The zero-order chi connectivity index (χ0) is 21.4. The highest BCUT2D eigenvalue weighted by Crippen LogP contribution is 2.31. The zero-order valence-corrected chi connectivity index (χ0v) is 17.5. The number of amides is 1. The van der Waals surface area contributed by atoms with Crippen LogP contribution in [0.25, 0.3) is 10.9 Å². The summed E-state index contributed by atoms with van der Waals surface area (Å²) < 4.78 is 6.04. The highest BCUT2D eigenvalue weighted by atomic mass is 32.2. The van der Waals surface area contributed by atoms with E-state index in [0.29, 0.717) is 27.6 Å². The van der Waals surface area contributed by atoms with E-state index in [9.17, 15) is 14.4 Å². The second kappa shape index (κ2) is 7.86. The molecule has 2 aliphatic heterocycles. The fraction of sp³-hybridized carbons (Fsp3) is 0.300. The van der Waals surface area contributed by atoms with Crippen LogP contribution in [0.15, 0.2) is 56.0 Å². The van der Waals surface area contributed by atoms with E-state index >= 15 is 0 Å². The number of hydrogen-bond donors (Lipinski definition) is 0. The largest absolute Gasteiger partial charge is 0.468 e. The summed E-state index contributed by atoms with van der Waals surface area (Å²) in [6, 6.07) is 6.97. The van der Waals surface area contributed by atoms with Gasteiger partial charge in [0, 0.05) is 18.9 Å². The molecule has 30 heavy (non-hydrogen) atoms. The van der Waals surface area contributed by atoms with Gasteiger partial charge in [0.05, 0.1) is 29.6 Å². The van der Waals surface area contributed by atoms with E-state index in [0.717, 1.165) is 11.3 Å². The van der Waals surface area contributed by atoms with Crippen LogP contribution >= 0.6 is 11.8 Å². The number of fused-ring (bicyclic) bond motifs is 2. The lowest BCUT2D eigenvalue weighted by Gasteiger charge is -2.21. The van der Waals surface area contributed by atoms with E-state index in [4.69, 9.17) is 4.74 Å². The van der Waals surface area contributed by atoms with Gasteiger partial charge in [-0.15, -0.1) is 0 Å². The minimum Gasteiger partial charge on any atom is -0.468 e. The van der Waals surface area contributed by atoms with E-state index in [2.05, 4.69) is 15.1 Å². The average Bonchev–Trinajstić information content (AvgIpc) is 3.01. The first-order chi connectivity index (χ1) is 14.4. The molecule has 2 aromatic rings. The lowest BCUT2D eigenvalue weighted by molar-refractivity contribution is -0.141. The third-order valence-electron chi connectivity index (χ3n) is 4.93. The molecule has 1 amide bonds. The Kier molecular flexibility index (Phi) is 5.25. The first kappa shape index (κ1) is 20.0. The number of carbonyl (C=O) groups is 2. The van der Waals surface area contributed by atoms with E-state index < -0.39 is 5.97 Å². The van der Waals surface area contributed by atoms with Crippen LogP contribution in [0.1, 0.15) is 6.92 Å². The van der Waals surface area contributed by atoms with Gasteiger partial charge >= 0.3 is 5.97 Å². The number of aliphatic imine (C=N–C) groups is 1. The molecular formula is C20H19N5O4S. The van der Waals surface area contributed by atoms with Crippen molar-refractivity contribution in [3.05, 3.63) is 46.3 Å². The Bertz CT molecular complexity index is 1210. The number of amidine groups is 1. The topological polar surface area (TPSA) is 106 Å². The van der Waals surface area contributed by atoms with Gasteiger partial charge in [-0.25, -0.2) is 4.98 Å². The molecule has 0 fully saturated rings. The predicted molar refractivity (Wildman–Crippen MR) is 114 cm³/mol. The Labute approximate surface area is 176 Å². The monoisotopic (exact) mass is 425 g/mol. The smallest absolute Gasteiger partial charge is 0.325 e. The molecule has 1 atom stereocenters. The summed E-state index contributed by atoms with van der Waals surface area (Å²) >= 11 is 1.28. The van der Waals surface area contributed by atoms with Crippen molar-refractivity contribution in [3.8, 4) is 0 Å². The van der Waals surface area contributed by atoms with E-state index in [1.807, 2.05) is 6.92 Å². The number of thioether (sulfide) groups is 1. The van der Waals surface area contributed by atoms with Crippen molar-refractivity contribution in [2.45, 2.75) is 18.6 Å². The minimum atomic E-state index is -0.544. The molecule has 1 unspecified atom stereocenters. The molecule has 9 nitrogen and oxygen atoms in total. The summed E-state index contributed by atoms with van der Waals surface area (Å²) in [6.45, 7) is 1.65. The highest BCUT2D eigenvalue weighted by molar-refractivity contribution is 7.99. The molecule has 0 saturated heterocycles. The van der Waals surface area contributed by atoms with Crippen LogP contribution in [0.2, 0.25) is 0 Å². The van der Waals surface area contributed by atoms with Crippen molar-refractivity contribution >= 4 is 46.1 Å². The SMILES string of the molecule is COC(=O)Cn1c(SCC2=CC(=O)N=C3C2C(C)=NN3C)nc2ccccc2c1=O. The number of rotatable bonds is 5. The highest BCUT2D eigenvalue weighted by Gasteiger charge is 2.35. The van der Waals surface area contributed by atoms with Crippen LogP contribution in [0.3, 0.4) is 0 Å². The predicted octanol–water partition coefficient (Wildman–Crippen LogP) is 1.46. The van der Waals surface area contributed by atoms with Gasteiger partial charge in [-0.2, -0.15) is 10.1 Å². The Morgan fingerprint density at radius 2 is 2.03 bits per heavy atom. The number of carbonyl (C=O) groups excluding carboxylic acids is 2. The van der Waals surface area contributed by atoms with Gasteiger partial charge in [0.1, 0.15) is 12.4 Å². The number of para-hydroxylation sites is 1. The lowest BCUT2D eigenvalue weighted by atomic mass is 9.93. The zero-order valence-electron chi connectivity index (χ0n) is 16.7. The number of nitrogens with zero attached hydrogens (tertiary/aromatic N) is 5. The van der Waals surface area contributed by atoms with Gasteiger partial charge < -0.3 is 4.74 Å². The molecule has 154 valence electrons. The normalized spacial score (nSPS) is 18.1. The van der Waals surface area contributed by atoms with Crippen LogP contribution in [-0.2, 0) is 20.9 Å². The number of aromatic nitrogens is 2. The molecule has 0 spiro atoms. The molecule has 3 heterocycles. The van der Waals surface area contributed by atoms with Gasteiger partial charge in [-0.1, -0.05) is 23.9 Å². The number of ether oxygens (including phenoxy) is 1. The summed E-state index contributed by atoms with van der Waals surface area (Å²) in [4.78, 5) is 45.6. The Balaban J connectivity index is 1.69. The Morgan fingerprint density at radius 1 is 1.27 bits per heavy atom. The summed E-state index contributed by atoms with van der Waals surface area (Å²) in [5.74, 6) is -0.0809. The Hall–Kier alpha value is -3.27. The van der Waals surface area contributed by atoms with Crippen LogP contribution in [0, 0.1) is 5.92 Å². The molecule has 10 heteroatoms. The molecular weight excluding hydrogens is 406 g/mol. The number of dihydropyridines is 1. The van der Waals surface area contributed by atoms with Crippen molar-refractivity contribution in [1.29, 1.82) is 0 Å². The summed E-state index contributed by atoms with van der Waals surface area (Å²) in [6.07, 6.45) is 1.50. The summed E-state index contributed by atoms with van der Waals surface area (Å²) in [7, 11) is 3.03. The van der Waals surface area contributed by atoms with Crippen molar-refractivity contribution < 1.29 is 14.3 Å². The maximum absolute atomic E-state index is 13.0. The van der Waals surface area contributed by atoms with E-state index in [1.165, 1.54) is 29.5 Å². The first-order valence-electron chi connectivity index (χ1n) is 9.20. The average molecular weight is 425 g/mol. The maximum atomic E-state index is 13.0. The number of hydrogen-bond acceptors (Lipinski definition) is 8. The third kappa shape index (κ3) is 3.54. The molecule has 0 N–H and O–H groups in total. The van der Waals surface area contributed by atoms with Crippen LogP contribution in [0.4, 0.5) is 0 Å². The van der Waals surface area contributed by atoms with Gasteiger partial charge in [0.25, 0.3) is 11.5 Å². The maximum Gasteiger partial charge on any atom is 0.325 e. The second-order valence-electron chi connectivity index (χ2n) is 6.89. The van der Waals surface area contributed by atoms with Crippen LogP contribution < -0.4 is 5.56 Å². The molecule has 2 aliphatic rings. The fourth-order valence-electron chi connectivity index (χ4n) is 3.54. The van der Waals surface area contributed by atoms with Gasteiger partial charge in [0.15, 0.2) is 5.16 Å². The lowest BCUT2D eigenvalue weighted by Crippen LogP contribution is -2.31. The number of methoxy groups -OCH3 is 1. The molecule has 0 aliphatic carbocycles. The van der Waals surface area contributed by atoms with E-state index in [-0.39, 0.29) is 23.9 Å². The molecule has 4 rings (SSSR count). The minimum absolute atomic E-state index is 0.179. The Morgan fingerprint density at radius 3 is 2.80 bits per heavy atom. The fourth-order valence-corrected chi connectivity index (χ4v) is 4.55. The number of benzene rings is 1.